The third-order valence-corrected chi connectivity index (χ3v) is 1.93. The van der Waals surface area contributed by atoms with E-state index in [0.717, 1.165) is 0 Å². The molecule has 2 rings (SSSR count). The van der Waals surface area contributed by atoms with E-state index in [1.54, 1.807) is 24.3 Å². The minimum absolute atomic E-state index is 0.288. The van der Waals surface area contributed by atoms with Crippen molar-refractivity contribution in [3.63, 3.8) is 0 Å². The van der Waals surface area contributed by atoms with Crippen LogP contribution in [0.1, 0.15) is 15.9 Å². The van der Waals surface area contributed by atoms with Gasteiger partial charge in [-0.25, -0.2) is 4.68 Å². The van der Waals surface area contributed by atoms with Crippen LogP contribution >= 0.6 is 0 Å². The van der Waals surface area contributed by atoms with E-state index in [-0.39, 0.29) is 5.91 Å². The number of nitrogens with one attached hydrogen (secondary N) is 1. The summed E-state index contributed by atoms with van der Waals surface area (Å²) in [6.07, 6.45) is 2.75. The highest BCUT2D eigenvalue weighted by atomic mass is 16.2. The molecule has 0 saturated heterocycles. The number of hydrogen-bond donors (Lipinski definition) is 1. The van der Waals surface area contributed by atoms with Crippen molar-refractivity contribution in [3.8, 4) is 6.07 Å². The summed E-state index contributed by atoms with van der Waals surface area (Å²) >= 11 is 0. The fraction of sp³-hybridized carbons (Fsp3) is 0. The fourth-order valence-electron chi connectivity index (χ4n) is 1.14. The van der Waals surface area contributed by atoms with Crippen LogP contribution in [0.15, 0.2) is 36.9 Å². The fourth-order valence-corrected chi connectivity index (χ4v) is 1.14. The van der Waals surface area contributed by atoms with Gasteiger partial charge in [0.15, 0.2) is 0 Å². The predicted molar refractivity (Wildman–Crippen MR) is 54.9 cm³/mol. The zero-order chi connectivity index (χ0) is 11.4. The van der Waals surface area contributed by atoms with Crippen LogP contribution in [0, 0.1) is 11.3 Å². The van der Waals surface area contributed by atoms with Crippen LogP contribution in [0.5, 0.6) is 0 Å². The van der Waals surface area contributed by atoms with E-state index in [1.165, 1.54) is 17.3 Å². The Bertz CT molecular complexity index is 523. The Morgan fingerprint density at radius 1 is 1.25 bits per heavy atom. The molecule has 1 N–H and O–H groups in total. The summed E-state index contributed by atoms with van der Waals surface area (Å²) in [4.78, 5) is 11.6. The molecule has 0 radical (unpaired) electrons. The number of nitriles is 1. The Hall–Kier alpha value is -2.68. The average molecular weight is 213 g/mol. The van der Waals surface area contributed by atoms with Crippen LogP contribution in [-0.4, -0.2) is 20.8 Å². The zero-order valence-electron chi connectivity index (χ0n) is 8.16. The second kappa shape index (κ2) is 4.23. The first-order valence-electron chi connectivity index (χ1n) is 4.46. The summed E-state index contributed by atoms with van der Waals surface area (Å²) in [6, 6.07) is 8.31. The van der Waals surface area contributed by atoms with Crippen molar-refractivity contribution in [1.82, 2.24) is 14.9 Å². The van der Waals surface area contributed by atoms with Gasteiger partial charge in [0.25, 0.3) is 5.91 Å². The van der Waals surface area contributed by atoms with Crippen molar-refractivity contribution in [1.29, 1.82) is 5.26 Å². The van der Waals surface area contributed by atoms with Gasteiger partial charge in [0, 0.05) is 5.56 Å². The number of hydrogen-bond acceptors (Lipinski definition) is 4. The lowest BCUT2D eigenvalue weighted by atomic mass is 10.1. The zero-order valence-corrected chi connectivity index (χ0v) is 8.16. The molecule has 1 heterocycles. The Labute approximate surface area is 91.1 Å². The Morgan fingerprint density at radius 3 is 2.44 bits per heavy atom. The van der Waals surface area contributed by atoms with Crippen molar-refractivity contribution >= 4 is 5.91 Å². The Kier molecular flexibility index (Phi) is 2.61. The first-order chi connectivity index (χ1) is 7.79. The number of nitrogens with zero attached hydrogens (tertiary/aromatic N) is 4. The van der Waals surface area contributed by atoms with Crippen molar-refractivity contribution in [2.45, 2.75) is 0 Å². The standard InChI is InChI=1S/C10H7N5O/c11-5-8-1-3-9(4-2-8)10(16)14-15-6-12-13-7-15/h1-4,6-7H,(H,14,16). The molecular weight excluding hydrogens is 206 g/mol. The van der Waals surface area contributed by atoms with Crippen LogP contribution < -0.4 is 5.43 Å². The molecule has 0 aliphatic heterocycles. The van der Waals surface area contributed by atoms with Crippen LogP contribution in [-0.2, 0) is 0 Å². The molecule has 6 nitrogen and oxygen atoms in total. The van der Waals surface area contributed by atoms with E-state index in [2.05, 4.69) is 15.6 Å². The summed E-state index contributed by atoms with van der Waals surface area (Å²) in [5.74, 6) is -0.288. The van der Waals surface area contributed by atoms with Crippen LogP contribution in [0.4, 0.5) is 0 Å². The van der Waals surface area contributed by atoms with E-state index in [0.29, 0.717) is 11.1 Å². The van der Waals surface area contributed by atoms with Crippen LogP contribution in [0.3, 0.4) is 0 Å². The molecule has 6 heteroatoms. The third kappa shape index (κ3) is 2.04. The van der Waals surface area contributed by atoms with E-state index < -0.39 is 0 Å². The number of carbonyl (C=O) groups is 1. The highest BCUT2D eigenvalue weighted by Gasteiger charge is 2.05. The van der Waals surface area contributed by atoms with Crippen molar-refractivity contribution in [3.05, 3.63) is 48.0 Å². The molecule has 1 amide bonds. The van der Waals surface area contributed by atoms with Gasteiger partial charge in [0.2, 0.25) is 0 Å². The molecule has 0 saturated carbocycles. The number of aromatic nitrogens is 3. The summed E-state index contributed by atoms with van der Waals surface area (Å²) in [5.41, 5.74) is 3.53. The molecule has 0 aliphatic carbocycles. The summed E-state index contributed by atoms with van der Waals surface area (Å²) in [6.45, 7) is 0. The summed E-state index contributed by atoms with van der Waals surface area (Å²) in [5, 5.41) is 15.7. The Morgan fingerprint density at radius 2 is 1.88 bits per heavy atom. The molecule has 78 valence electrons. The van der Waals surface area contributed by atoms with E-state index in [4.69, 9.17) is 5.26 Å². The number of benzene rings is 1. The molecule has 0 spiro atoms. The third-order valence-electron chi connectivity index (χ3n) is 1.93. The molecular formula is C10H7N5O. The molecule has 1 aromatic carbocycles. The minimum Gasteiger partial charge on any atom is -0.267 e. The SMILES string of the molecule is N#Cc1ccc(C(=O)Nn2cnnc2)cc1. The first-order valence-corrected chi connectivity index (χ1v) is 4.46. The second-order valence-electron chi connectivity index (χ2n) is 3.00. The van der Waals surface area contributed by atoms with Crippen molar-refractivity contribution in [2.75, 3.05) is 5.43 Å². The van der Waals surface area contributed by atoms with Gasteiger partial charge in [0.1, 0.15) is 12.7 Å². The van der Waals surface area contributed by atoms with Gasteiger partial charge in [-0.3, -0.25) is 10.2 Å². The molecule has 0 bridgehead atoms. The lowest BCUT2D eigenvalue weighted by Gasteiger charge is -2.03. The topological polar surface area (TPSA) is 83.6 Å². The van der Waals surface area contributed by atoms with Gasteiger partial charge in [-0.1, -0.05) is 0 Å². The highest BCUT2D eigenvalue weighted by Crippen LogP contribution is 2.03. The first kappa shape index (κ1) is 9.86. The molecule has 0 unspecified atom stereocenters. The van der Waals surface area contributed by atoms with Gasteiger partial charge < -0.3 is 0 Å². The monoisotopic (exact) mass is 213 g/mol. The lowest BCUT2D eigenvalue weighted by molar-refractivity contribution is 0.101. The highest BCUT2D eigenvalue weighted by molar-refractivity contribution is 5.99. The maximum atomic E-state index is 11.6. The summed E-state index contributed by atoms with van der Waals surface area (Å²) in [7, 11) is 0. The lowest BCUT2D eigenvalue weighted by Crippen LogP contribution is -2.21. The molecule has 2 aromatic rings. The molecule has 1 aromatic heterocycles. The summed E-state index contributed by atoms with van der Waals surface area (Å²) < 4.78 is 1.35. The quantitative estimate of drug-likeness (QED) is 0.788. The number of rotatable bonds is 2. The number of carbonyl (C=O) groups excluding carboxylic acids is 1. The van der Waals surface area contributed by atoms with Crippen molar-refractivity contribution in [2.24, 2.45) is 0 Å². The average Bonchev–Trinajstić information content (AvgIpc) is 2.82. The van der Waals surface area contributed by atoms with Crippen LogP contribution in [0.25, 0.3) is 0 Å². The second-order valence-corrected chi connectivity index (χ2v) is 3.00. The molecule has 0 fully saturated rings. The smallest absolute Gasteiger partial charge is 0.267 e. The number of amides is 1. The normalized spacial score (nSPS) is 9.44. The molecule has 0 atom stereocenters. The maximum absolute atomic E-state index is 11.6. The van der Waals surface area contributed by atoms with Gasteiger partial charge >= 0.3 is 0 Å². The maximum Gasteiger partial charge on any atom is 0.270 e. The van der Waals surface area contributed by atoms with E-state index in [1.807, 2.05) is 6.07 Å². The van der Waals surface area contributed by atoms with Gasteiger partial charge in [-0.2, -0.15) is 5.26 Å². The molecule has 0 aliphatic rings. The minimum atomic E-state index is -0.288. The van der Waals surface area contributed by atoms with E-state index >= 15 is 0 Å². The van der Waals surface area contributed by atoms with Gasteiger partial charge in [-0.15, -0.1) is 10.2 Å². The van der Waals surface area contributed by atoms with Crippen molar-refractivity contribution < 1.29 is 4.79 Å². The van der Waals surface area contributed by atoms with Gasteiger partial charge in [-0.05, 0) is 24.3 Å². The van der Waals surface area contributed by atoms with E-state index in [9.17, 15) is 4.79 Å². The van der Waals surface area contributed by atoms with Crippen LogP contribution in [0.2, 0.25) is 0 Å². The van der Waals surface area contributed by atoms with Gasteiger partial charge in [0.05, 0.1) is 11.6 Å². The largest absolute Gasteiger partial charge is 0.270 e. The Balaban J connectivity index is 2.12. The molecule has 16 heavy (non-hydrogen) atoms. The predicted octanol–water partition coefficient (Wildman–Crippen LogP) is 0.534.